The van der Waals surface area contributed by atoms with Crippen LogP contribution in [-0.4, -0.2) is 0 Å². The summed E-state index contributed by atoms with van der Waals surface area (Å²) in [6, 6.07) is 7.71. The number of rotatable bonds is 2. The third-order valence-corrected chi connectivity index (χ3v) is 3.37. The summed E-state index contributed by atoms with van der Waals surface area (Å²) in [5.74, 6) is -0.487. The Hall–Kier alpha value is -0.970. The van der Waals surface area contributed by atoms with E-state index in [9.17, 15) is 4.39 Å². The number of nitrogens with two attached hydrogens (primary N) is 1. The molecule has 0 fully saturated rings. The summed E-state index contributed by atoms with van der Waals surface area (Å²) in [7, 11) is 0. The third kappa shape index (κ3) is 2.88. The summed E-state index contributed by atoms with van der Waals surface area (Å²) in [6.07, 6.45) is 0. The maximum absolute atomic E-state index is 13.1. The van der Waals surface area contributed by atoms with Crippen molar-refractivity contribution < 1.29 is 4.39 Å². The van der Waals surface area contributed by atoms with Gasteiger partial charge in [-0.3, -0.25) is 0 Å². The van der Waals surface area contributed by atoms with E-state index in [-0.39, 0.29) is 10.0 Å². The SMILES string of the molecule is Nc1cc(Br)ccc1Nc1c(Cl)cc(F)cc1Cl. The molecule has 0 spiro atoms. The lowest BCUT2D eigenvalue weighted by Gasteiger charge is -2.12. The number of hydrogen-bond donors (Lipinski definition) is 2. The summed E-state index contributed by atoms with van der Waals surface area (Å²) in [5, 5.41) is 3.38. The van der Waals surface area contributed by atoms with Crippen LogP contribution in [0.3, 0.4) is 0 Å². The largest absolute Gasteiger partial charge is 0.397 e. The molecule has 18 heavy (non-hydrogen) atoms. The molecule has 0 saturated heterocycles. The first-order chi connectivity index (χ1) is 8.47. The van der Waals surface area contributed by atoms with E-state index in [0.29, 0.717) is 17.1 Å². The standard InChI is InChI=1S/C12H8BrCl2FN2/c13-6-1-2-11(10(17)3-6)18-12-8(14)4-7(16)5-9(12)15/h1-5,18H,17H2. The zero-order valence-corrected chi connectivity index (χ0v) is 12.1. The van der Waals surface area contributed by atoms with Gasteiger partial charge in [-0.05, 0) is 30.3 Å². The number of hydrogen-bond acceptors (Lipinski definition) is 2. The van der Waals surface area contributed by atoms with E-state index < -0.39 is 5.82 Å². The molecule has 2 nitrogen and oxygen atoms in total. The summed E-state index contributed by atoms with van der Waals surface area (Å²) < 4.78 is 13.9. The Kier molecular flexibility index (Phi) is 4.00. The van der Waals surface area contributed by atoms with E-state index in [1.807, 2.05) is 6.07 Å². The molecule has 3 N–H and O–H groups in total. The molecule has 0 aliphatic carbocycles. The highest BCUT2D eigenvalue weighted by Gasteiger charge is 2.10. The average molecular weight is 350 g/mol. The predicted octanol–water partition coefficient (Wildman–Crippen LogP) is 5.22. The lowest BCUT2D eigenvalue weighted by molar-refractivity contribution is 0.628. The number of anilines is 3. The normalized spacial score (nSPS) is 10.4. The number of benzene rings is 2. The van der Waals surface area contributed by atoms with E-state index in [1.165, 1.54) is 12.1 Å². The van der Waals surface area contributed by atoms with E-state index >= 15 is 0 Å². The number of nitrogens with one attached hydrogen (secondary N) is 1. The Morgan fingerprint density at radius 2 is 1.72 bits per heavy atom. The van der Waals surface area contributed by atoms with Gasteiger partial charge in [0.25, 0.3) is 0 Å². The zero-order valence-electron chi connectivity index (χ0n) is 8.98. The second-order valence-corrected chi connectivity index (χ2v) is 5.33. The maximum Gasteiger partial charge on any atom is 0.126 e. The first kappa shape index (κ1) is 13.5. The minimum Gasteiger partial charge on any atom is -0.397 e. The minimum absolute atomic E-state index is 0.197. The summed E-state index contributed by atoms with van der Waals surface area (Å²) in [5.41, 5.74) is 7.45. The first-order valence-electron chi connectivity index (χ1n) is 4.94. The van der Waals surface area contributed by atoms with Crippen LogP contribution in [0.2, 0.25) is 10.0 Å². The van der Waals surface area contributed by atoms with Crippen LogP contribution >= 0.6 is 39.1 Å². The lowest BCUT2D eigenvalue weighted by Crippen LogP contribution is -1.98. The van der Waals surface area contributed by atoms with Crippen molar-refractivity contribution in [1.82, 2.24) is 0 Å². The van der Waals surface area contributed by atoms with Crippen molar-refractivity contribution in [3.05, 3.63) is 50.7 Å². The van der Waals surface area contributed by atoms with Gasteiger partial charge in [-0.1, -0.05) is 39.1 Å². The maximum atomic E-state index is 13.1. The fourth-order valence-electron chi connectivity index (χ4n) is 1.44. The molecule has 0 amide bonds. The molecule has 94 valence electrons. The molecule has 0 saturated carbocycles. The minimum atomic E-state index is -0.487. The molecule has 0 heterocycles. The molecule has 2 rings (SSSR count). The fourth-order valence-corrected chi connectivity index (χ4v) is 2.38. The van der Waals surface area contributed by atoms with Gasteiger partial charge in [-0.25, -0.2) is 4.39 Å². The van der Waals surface area contributed by atoms with Gasteiger partial charge in [-0.2, -0.15) is 0 Å². The van der Waals surface area contributed by atoms with Crippen LogP contribution < -0.4 is 11.1 Å². The van der Waals surface area contributed by atoms with Crippen LogP contribution in [0.5, 0.6) is 0 Å². The zero-order chi connectivity index (χ0) is 13.3. The van der Waals surface area contributed by atoms with Gasteiger partial charge >= 0.3 is 0 Å². The Labute approximate surface area is 122 Å². The van der Waals surface area contributed by atoms with Gasteiger partial charge in [0.05, 0.1) is 27.1 Å². The molecule has 0 aliphatic rings. The second-order valence-electron chi connectivity index (χ2n) is 3.60. The van der Waals surface area contributed by atoms with Crippen LogP contribution in [0, 0.1) is 5.82 Å². The van der Waals surface area contributed by atoms with Crippen molar-refractivity contribution in [1.29, 1.82) is 0 Å². The van der Waals surface area contributed by atoms with Gasteiger partial charge < -0.3 is 11.1 Å². The van der Waals surface area contributed by atoms with Crippen LogP contribution in [0.4, 0.5) is 21.5 Å². The molecule has 0 unspecified atom stereocenters. The molecule has 2 aromatic carbocycles. The number of nitrogen functional groups attached to an aromatic ring is 1. The van der Waals surface area contributed by atoms with E-state index in [4.69, 9.17) is 28.9 Å². The Balaban J connectivity index is 2.40. The van der Waals surface area contributed by atoms with Gasteiger partial charge in [-0.15, -0.1) is 0 Å². The van der Waals surface area contributed by atoms with Gasteiger partial charge in [0.2, 0.25) is 0 Å². The predicted molar refractivity (Wildman–Crippen MR) is 78.3 cm³/mol. The molecule has 0 radical (unpaired) electrons. The van der Waals surface area contributed by atoms with Crippen LogP contribution in [0.25, 0.3) is 0 Å². The van der Waals surface area contributed by atoms with Crippen LogP contribution in [0.1, 0.15) is 0 Å². The summed E-state index contributed by atoms with van der Waals surface area (Å²) in [4.78, 5) is 0. The van der Waals surface area contributed by atoms with Gasteiger partial charge in [0.1, 0.15) is 5.82 Å². The van der Waals surface area contributed by atoms with E-state index in [2.05, 4.69) is 21.2 Å². The van der Waals surface area contributed by atoms with Crippen molar-refractivity contribution >= 4 is 56.2 Å². The smallest absolute Gasteiger partial charge is 0.126 e. The Bertz CT molecular complexity index is 582. The molecular formula is C12H8BrCl2FN2. The molecule has 6 heteroatoms. The second kappa shape index (κ2) is 5.34. The topological polar surface area (TPSA) is 38.0 Å². The fraction of sp³-hybridized carbons (Fsp3) is 0. The molecule has 2 aromatic rings. The molecule has 0 aliphatic heterocycles. The lowest BCUT2D eigenvalue weighted by atomic mass is 10.2. The van der Waals surface area contributed by atoms with Crippen molar-refractivity contribution in [2.24, 2.45) is 0 Å². The van der Waals surface area contributed by atoms with Crippen molar-refractivity contribution in [3.63, 3.8) is 0 Å². The highest BCUT2D eigenvalue weighted by molar-refractivity contribution is 9.10. The molecule has 0 aromatic heterocycles. The van der Waals surface area contributed by atoms with Crippen molar-refractivity contribution in [2.45, 2.75) is 0 Å². The third-order valence-electron chi connectivity index (χ3n) is 2.28. The first-order valence-corrected chi connectivity index (χ1v) is 6.49. The number of halogens is 4. The molecular weight excluding hydrogens is 342 g/mol. The highest BCUT2D eigenvalue weighted by atomic mass is 79.9. The van der Waals surface area contributed by atoms with Crippen LogP contribution in [-0.2, 0) is 0 Å². The Morgan fingerprint density at radius 3 is 2.28 bits per heavy atom. The van der Waals surface area contributed by atoms with Gasteiger partial charge in [0, 0.05) is 4.47 Å². The van der Waals surface area contributed by atoms with E-state index in [0.717, 1.165) is 4.47 Å². The highest BCUT2D eigenvalue weighted by Crippen LogP contribution is 2.35. The van der Waals surface area contributed by atoms with Crippen molar-refractivity contribution in [3.8, 4) is 0 Å². The van der Waals surface area contributed by atoms with E-state index in [1.54, 1.807) is 12.1 Å². The summed E-state index contributed by atoms with van der Waals surface area (Å²) in [6.45, 7) is 0. The van der Waals surface area contributed by atoms with Crippen molar-refractivity contribution in [2.75, 3.05) is 11.1 Å². The Morgan fingerprint density at radius 1 is 1.11 bits per heavy atom. The van der Waals surface area contributed by atoms with Crippen LogP contribution in [0.15, 0.2) is 34.8 Å². The summed E-state index contributed by atoms with van der Waals surface area (Å²) >= 11 is 15.2. The molecule has 0 bridgehead atoms. The molecule has 0 atom stereocenters. The quantitative estimate of drug-likeness (QED) is 0.729. The average Bonchev–Trinajstić information content (AvgIpc) is 2.25. The van der Waals surface area contributed by atoms with Gasteiger partial charge in [0.15, 0.2) is 0 Å². The monoisotopic (exact) mass is 348 g/mol.